The van der Waals surface area contributed by atoms with E-state index in [1.807, 2.05) is 12.1 Å². The van der Waals surface area contributed by atoms with Crippen molar-refractivity contribution in [2.75, 3.05) is 20.8 Å². The Morgan fingerprint density at radius 3 is 2.50 bits per heavy atom. The fraction of sp³-hybridized carbons (Fsp3) is 0.625. The molecule has 3 nitrogen and oxygen atoms in total. The monoisotopic (exact) mass is 297 g/mol. The molecule has 0 saturated heterocycles. The third kappa shape index (κ3) is 3.21. The first-order chi connectivity index (χ1) is 9.64. The maximum Gasteiger partial charge on any atom is 0.179 e. The molecular weight excluding hydrogens is 274 g/mol. The van der Waals surface area contributed by atoms with Crippen molar-refractivity contribution in [3.8, 4) is 11.5 Å². The molecule has 0 aliphatic heterocycles. The smallest absolute Gasteiger partial charge is 0.179 e. The lowest BCUT2D eigenvalue weighted by Gasteiger charge is -2.41. The van der Waals surface area contributed by atoms with E-state index in [2.05, 4.69) is 12.2 Å². The van der Waals surface area contributed by atoms with Crippen LogP contribution < -0.4 is 14.8 Å². The van der Waals surface area contributed by atoms with Crippen molar-refractivity contribution in [1.29, 1.82) is 0 Å². The minimum Gasteiger partial charge on any atom is -0.493 e. The van der Waals surface area contributed by atoms with Crippen LogP contribution in [0.25, 0.3) is 0 Å². The quantitative estimate of drug-likeness (QED) is 0.824. The summed E-state index contributed by atoms with van der Waals surface area (Å²) in [5.74, 6) is 1.28. The van der Waals surface area contributed by atoms with Crippen LogP contribution in [-0.2, 0) is 6.54 Å². The summed E-state index contributed by atoms with van der Waals surface area (Å²) < 4.78 is 10.6. The third-order valence-electron chi connectivity index (χ3n) is 4.49. The highest BCUT2D eigenvalue weighted by atomic mass is 35.5. The summed E-state index contributed by atoms with van der Waals surface area (Å²) in [6.45, 7) is 4.17. The number of hydrogen-bond acceptors (Lipinski definition) is 3. The van der Waals surface area contributed by atoms with Crippen LogP contribution in [0.4, 0.5) is 0 Å². The van der Waals surface area contributed by atoms with Crippen molar-refractivity contribution in [1.82, 2.24) is 5.32 Å². The maximum absolute atomic E-state index is 6.22. The van der Waals surface area contributed by atoms with Gasteiger partial charge in [-0.15, -0.1) is 0 Å². The Labute approximate surface area is 126 Å². The highest BCUT2D eigenvalue weighted by Crippen LogP contribution is 2.43. The molecule has 1 N–H and O–H groups in total. The number of rotatable bonds is 7. The van der Waals surface area contributed by atoms with Crippen molar-refractivity contribution < 1.29 is 9.47 Å². The molecule has 1 aromatic carbocycles. The summed E-state index contributed by atoms with van der Waals surface area (Å²) in [4.78, 5) is 0. The first-order valence-corrected chi connectivity index (χ1v) is 7.63. The SMILES string of the molecule is CCC1(CNCc2cc(Cl)c(OC)c(OC)c2)CCC1. The van der Waals surface area contributed by atoms with Crippen molar-refractivity contribution in [2.45, 2.75) is 39.2 Å². The maximum atomic E-state index is 6.22. The van der Waals surface area contributed by atoms with Gasteiger partial charge in [0.05, 0.1) is 19.2 Å². The van der Waals surface area contributed by atoms with Crippen LogP contribution in [0.2, 0.25) is 5.02 Å². The lowest BCUT2D eigenvalue weighted by molar-refractivity contribution is 0.124. The van der Waals surface area contributed by atoms with Gasteiger partial charge in [0.2, 0.25) is 0 Å². The lowest BCUT2D eigenvalue weighted by Crippen LogP contribution is -2.39. The van der Waals surface area contributed by atoms with E-state index in [4.69, 9.17) is 21.1 Å². The average Bonchev–Trinajstić information content (AvgIpc) is 2.41. The van der Waals surface area contributed by atoms with Crippen LogP contribution in [0.1, 0.15) is 38.2 Å². The molecule has 20 heavy (non-hydrogen) atoms. The summed E-state index contributed by atoms with van der Waals surface area (Å²) in [5, 5.41) is 4.15. The molecule has 0 bridgehead atoms. The Morgan fingerprint density at radius 1 is 1.25 bits per heavy atom. The summed E-state index contributed by atoms with van der Waals surface area (Å²) in [7, 11) is 3.23. The van der Waals surface area contributed by atoms with E-state index in [0.717, 1.165) is 18.7 Å². The Balaban J connectivity index is 1.97. The van der Waals surface area contributed by atoms with Gasteiger partial charge in [-0.2, -0.15) is 0 Å². The zero-order chi connectivity index (χ0) is 14.6. The number of nitrogens with one attached hydrogen (secondary N) is 1. The van der Waals surface area contributed by atoms with Gasteiger partial charge in [-0.25, -0.2) is 0 Å². The molecular formula is C16H24ClNO2. The van der Waals surface area contributed by atoms with Gasteiger partial charge < -0.3 is 14.8 Å². The van der Waals surface area contributed by atoms with Crippen molar-refractivity contribution in [3.05, 3.63) is 22.7 Å². The molecule has 1 aliphatic rings. The van der Waals surface area contributed by atoms with Gasteiger partial charge in [-0.1, -0.05) is 24.9 Å². The first kappa shape index (κ1) is 15.5. The molecule has 4 heteroatoms. The molecule has 0 radical (unpaired) electrons. The van der Waals surface area contributed by atoms with Gasteiger partial charge in [0.15, 0.2) is 11.5 Å². The minimum absolute atomic E-state index is 0.528. The second-order valence-electron chi connectivity index (χ2n) is 5.62. The zero-order valence-electron chi connectivity index (χ0n) is 12.6. The van der Waals surface area contributed by atoms with Gasteiger partial charge in [0.25, 0.3) is 0 Å². The Bertz CT molecular complexity index is 453. The van der Waals surface area contributed by atoms with Gasteiger partial charge in [0.1, 0.15) is 0 Å². The number of hydrogen-bond donors (Lipinski definition) is 1. The molecule has 2 rings (SSSR count). The van der Waals surface area contributed by atoms with E-state index in [0.29, 0.717) is 21.9 Å². The molecule has 0 atom stereocenters. The topological polar surface area (TPSA) is 30.5 Å². The van der Waals surface area contributed by atoms with Crippen molar-refractivity contribution >= 4 is 11.6 Å². The van der Waals surface area contributed by atoms with Crippen LogP contribution in [0.5, 0.6) is 11.5 Å². The predicted octanol–water partition coefficient (Wildman–Crippen LogP) is 4.03. The second kappa shape index (κ2) is 6.68. The number of methoxy groups -OCH3 is 2. The van der Waals surface area contributed by atoms with Crippen molar-refractivity contribution in [3.63, 3.8) is 0 Å². The number of ether oxygens (including phenoxy) is 2. The van der Waals surface area contributed by atoms with Crippen LogP contribution in [0, 0.1) is 5.41 Å². The van der Waals surface area contributed by atoms with Crippen LogP contribution in [-0.4, -0.2) is 20.8 Å². The normalized spacial score (nSPS) is 16.6. The fourth-order valence-corrected chi connectivity index (χ4v) is 3.19. The highest BCUT2D eigenvalue weighted by Gasteiger charge is 2.34. The standard InChI is InChI=1S/C16H24ClNO2/c1-4-16(6-5-7-16)11-18-10-12-8-13(17)15(20-3)14(9-12)19-2/h8-9,18H,4-7,10-11H2,1-3H3. The molecule has 0 unspecified atom stereocenters. The molecule has 1 saturated carbocycles. The van der Waals surface area contributed by atoms with Crippen molar-refractivity contribution in [2.24, 2.45) is 5.41 Å². The van der Waals surface area contributed by atoms with E-state index in [9.17, 15) is 0 Å². The third-order valence-corrected chi connectivity index (χ3v) is 4.77. The van der Waals surface area contributed by atoms with Gasteiger partial charge in [0, 0.05) is 13.1 Å². The Kier molecular flexibility index (Phi) is 5.17. The molecule has 1 aliphatic carbocycles. The molecule has 1 fully saturated rings. The minimum atomic E-state index is 0.528. The molecule has 0 heterocycles. The molecule has 0 spiro atoms. The number of benzene rings is 1. The summed E-state index contributed by atoms with van der Waals surface area (Å²) >= 11 is 6.22. The predicted molar refractivity (Wildman–Crippen MR) is 82.8 cm³/mol. The molecule has 0 amide bonds. The van der Waals surface area contributed by atoms with E-state index >= 15 is 0 Å². The van der Waals surface area contributed by atoms with E-state index in [1.54, 1.807) is 14.2 Å². The fourth-order valence-electron chi connectivity index (χ4n) is 2.88. The zero-order valence-corrected chi connectivity index (χ0v) is 13.3. The largest absolute Gasteiger partial charge is 0.493 e. The Hall–Kier alpha value is -0.930. The summed E-state index contributed by atoms with van der Waals surface area (Å²) in [6.07, 6.45) is 5.33. The summed E-state index contributed by atoms with van der Waals surface area (Å²) in [5.41, 5.74) is 1.65. The average molecular weight is 298 g/mol. The molecule has 112 valence electrons. The van der Waals surface area contributed by atoms with E-state index in [-0.39, 0.29) is 0 Å². The van der Waals surface area contributed by atoms with Gasteiger partial charge in [-0.05, 0) is 42.4 Å². The van der Waals surface area contributed by atoms with Gasteiger partial charge >= 0.3 is 0 Å². The summed E-state index contributed by atoms with van der Waals surface area (Å²) in [6, 6.07) is 3.92. The van der Waals surface area contributed by atoms with Crippen LogP contribution in [0.15, 0.2) is 12.1 Å². The lowest BCUT2D eigenvalue weighted by atomic mass is 9.67. The molecule has 0 aromatic heterocycles. The first-order valence-electron chi connectivity index (χ1n) is 7.25. The van der Waals surface area contributed by atoms with Gasteiger partial charge in [-0.3, -0.25) is 0 Å². The highest BCUT2D eigenvalue weighted by molar-refractivity contribution is 6.32. The van der Waals surface area contributed by atoms with Crippen LogP contribution >= 0.6 is 11.6 Å². The van der Waals surface area contributed by atoms with E-state index in [1.165, 1.54) is 25.7 Å². The van der Waals surface area contributed by atoms with E-state index < -0.39 is 0 Å². The second-order valence-corrected chi connectivity index (χ2v) is 6.03. The van der Waals surface area contributed by atoms with Crippen LogP contribution in [0.3, 0.4) is 0 Å². The molecule has 1 aromatic rings. The number of halogens is 1. The Morgan fingerprint density at radius 2 is 2.00 bits per heavy atom.